The summed E-state index contributed by atoms with van der Waals surface area (Å²) in [6.45, 7) is 7.71. The molecule has 0 atom stereocenters. The fraction of sp³-hybridized carbons (Fsp3) is 0.381. The SMILES string of the molecule is Cc1cccc(OCCN2C(=O)C3(OCCO3)c3c(C)ccc(C)c32)c1. The molecule has 2 aromatic carbocycles. The first-order chi connectivity index (χ1) is 12.5. The van der Waals surface area contributed by atoms with Gasteiger partial charge in [-0.3, -0.25) is 4.79 Å². The summed E-state index contributed by atoms with van der Waals surface area (Å²) >= 11 is 0. The summed E-state index contributed by atoms with van der Waals surface area (Å²) in [5.41, 5.74) is 4.91. The summed E-state index contributed by atoms with van der Waals surface area (Å²) in [5.74, 6) is -0.634. The van der Waals surface area contributed by atoms with E-state index in [2.05, 4.69) is 0 Å². The van der Waals surface area contributed by atoms with Gasteiger partial charge in [-0.25, -0.2) is 0 Å². The van der Waals surface area contributed by atoms with Crippen molar-refractivity contribution in [3.05, 3.63) is 58.7 Å². The number of nitrogens with zero attached hydrogens (tertiary/aromatic N) is 1. The van der Waals surface area contributed by atoms with Crippen LogP contribution in [-0.4, -0.2) is 32.3 Å². The third-order valence-corrected chi connectivity index (χ3v) is 4.98. The first kappa shape index (κ1) is 17.1. The minimum absolute atomic E-state index is 0.157. The molecule has 1 amide bonds. The van der Waals surface area contributed by atoms with E-state index in [0.717, 1.165) is 33.7 Å². The smallest absolute Gasteiger partial charge is 0.292 e. The maximum absolute atomic E-state index is 13.2. The molecule has 2 aliphatic rings. The van der Waals surface area contributed by atoms with Crippen LogP contribution >= 0.6 is 0 Å². The number of fused-ring (bicyclic) bond motifs is 2. The predicted octanol–water partition coefficient (Wildman–Crippen LogP) is 3.24. The molecule has 0 saturated carbocycles. The third kappa shape index (κ3) is 2.59. The number of carbonyl (C=O) groups excluding carboxylic acids is 1. The molecule has 0 radical (unpaired) electrons. The molecule has 1 spiro atoms. The zero-order valence-electron chi connectivity index (χ0n) is 15.4. The normalized spacial score (nSPS) is 17.8. The maximum Gasteiger partial charge on any atom is 0.292 e. The molecule has 26 heavy (non-hydrogen) atoms. The zero-order valence-corrected chi connectivity index (χ0v) is 15.4. The minimum atomic E-state index is -1.28. The number of carbonyl (C=O) groups is 1. The van der Waals surface area contributed by atoms with Gasteiger partial charge >= 0.3 is 0 Å². The summed E-state index contributed by atoms with van der Waals surface area (Å²) < 4.78 is 17.5. The first-order valence-electron chi connectivity index (χ1n) is 8.93. The van der Waals surface area contributed by atoms with Crippen molar-refractivity contribution < 1.29 is 19.0 Å². The molecule has 4 rings (SSSR count). The Morgan fingerprint density at radius 2 is 1.81 bits per heavy atom. The fourth-order valence-electron chi connectivity index (χ4n) is 3.80. The van der Waals surface area contributed by atoms with Gasteiger partial charge in [0.2, 0.25) is 0 Å². The summed E-state index contributed by atoms with van der Waals surface area (Å²) in [5, 5.41) is 0. The minimum Gasteiger partial charge on any atom is -0.492 e. The number of aryl methyl sites for hydroxylation is 3. The molecule has 1 saturated heterocycles. The molecule has 2 aliphatic heterocycles. The Balaban J connectivity index is 1.61. The molecule has 5 heteroatoms. The first-order valence-corrected chi connectivity index (χ1v) is 8.93. The van der Waals surface area contributed by atoms with Crippen LogP contribution in [0, 0.1) is 20.8 Å². The number of amides is 1. The number of rotatable bonds is 4. The quantitative estimate of drug-likeness (QED) is 0.847. The summed E-state index contributed by atoms with van der Waals surface area (Å²) in [4.78, 5) is 15.0. The Labute approximate surface area is 153 Å². The van der Waals surface area contributed by atoms with Crippen molar-refractivity contribution in [2.24, 2.45) is 0 Å². The Bertz CT molecular complexity index is 855. The van der Waals surface area contributed by atoms with Crippen molar-refractivity contribution in [2.45, 2.75) is 26.6 Å². The van der Waals surface area contributed by atoms with Crippen molar-refractivity contribution in [3.63, 3.8) is 0 Å². The fourth-order valence-corrected chi connectivity index (χ4v) is 3.80. The molecule has 5 nitrogen and oxygen atoms in total. The number of benzene rings is 2. The van der Waals surface area contributed by atoms with Gasteiger partial charge in [0.25, 0.3) is 11.7 Å². The van der Waals surface area contributed by atoms with E-state index in [1.165, 1.54) is 0 Å². The van der Waals surface area contributed by atoms with Gasteiger partial charge < -0.3 is 19.1 Å². The third-order valence-electron chi connectivity index (χ3n) is 4.98. The molecular formula is C21H23NO4. The molecule has 136 valence electrons. The zero-order chi connectivity index (χ0) is 18.3. The van der Waals surface area contributed by atoms with Gasteiger partial charge in [-0.1, -0.05) is 24.3 Å². The molecular weight excluding hydrogens is 330 g/mol. The molecule has 0 N–H and O–H groups in total. The lowest BCUT2D eigenvalue weighted by molar-refractivity contribution is -0.180. The Morgan fingerprint density at radius 3 is 2.54 bits per heavy atom. The number of ether oxygens (including phenoxy) is 3. The predicted molar refractivity (Wildman–Crippen MR) is 98.5 cm³/mol. The van der Waals surface area contributed by atoms with Gasteiger partial charge in [0.15, 0.2) is 0 Å². The van der Waals surface area contributed by atoms with Gasteiger partial charge in [-0.15, -0.1) is 0 Å². The van der Waals surface area contributed by atoms with E-state index < -0.39 is 5.79 Å². The van der Waals surface area contributed by atoms with Gasteiger partial charge in [0.1, 0.15) is 12.4 Å². The van der Waals surface area contributed by atoms with Crippen molar-refractivity contribution in [1.29, 1.82) is 0 Å². The molecule has 0 unspecified atom stereocenters. The lowest BCUT2D eigenvalue weighted by atomic mass is 9.98. The standard InChI is InChI=1S/C21H23NO4/c1-14-5-4-6-17(13-14)24-10-9-22-19-16(3)8-7-15(2)18(19)21(20(22)23)25-11-12-26-21/h4-8,13H,9-12H2,1-3H3. The highest BCUT2D eigenvalue weighted by molar-refractivity contribution is 6.07. The van der Waals surface area contributed by atoms with Crippen LogP contribution in [0.4, 0.5) is 5.69 Å². The highest BCUT2D eigenvalue weighted by Crippen LogP contribution is 2.48. The van der Waals surface area contributed by atoms with Crippen LogP contribution in [-0.2, 0) is 20.1 Å². The second-order valence-corrected chi connectivity index (χ2v) is 6.86. The highest BCUT2D eigenvalue weighted by Gasteiger charge is 2.57. The second-order valence-electron chi connectivity index (χ2n) is 6.86. The average Bonchev–Trinajstić information content (AvgIpc) is 3.19. The van der Waals surface area contributed by atoms with Crippen molar-refractivity contribution >= 4 is 11.6 Å². The monoisotopic (exact) mass is 353 g/mol. The molecule has 2 heterocycles. The number of hydrogen-bond donors (Lipinski definition) is 0. The molecule has 0 aliphatic carbocycles. The topological polar surface area (TPSA) is 48.0 Å². The Hall–Kier alpha value is -2.37. The van der Waals surface area contributed by atoms with Crippen LogP contribution in [0.1, 0.15) is 22.3 Å². The lowest BCUT2D eigenvalue weighted by Crippen LogP contribution is -2.42. The summed E-state index contributed by atoms with van der Waals surface area (Å²) in [6, 6.07) is 11.9. The van der Waals surface area contributed by atoms with E-state index in [-0.39, 0.29) is 5.91 Å². The lowest BCUT2D eigenvalue weighted by Gasteiger charge is -2.22. The average molecular weight is 353 g/mol. The van der Waals surface area contributed by atoms with Crippen LogP contribution in [0.2, 0.25) is 0 Å². The van der Waals surface area contributed by atoms with Crippen LogP contribution in [0.15, 0.2) is 36.4 Å². The van der Waals surface area contributed by atoms with Gasteiger partial charge in [-0.05, 0) is 49.6 Å². The maximum atomic E-state index is 13.2. The van der Waals surface area contributed by atoms with E-state index in [0.29, 0.717) is 26.4 Å². The van der Waals surface area contributed by atoms with E-state index >= 15 is 0 Å². The van der Waals surface area contributed by atoms with E-state index in [1.54, 1.807) is 4.90 Å². The number of hydrogen-bond acceptors (Lipinski definition) is 4. The van der Waals surface area contributed by atoms with E-state index in [4.69, 9.17) is 14.2 Å². The van der Waals surface area contributed by atoms with Gasteiger partial charge in [0.05, 0.1) is 25.4 Å². The van der Waals surface area contributed by atoms with Crippen molar-refractivity contribution in [1.82, 2.24) is 0 Å². The van der Waals surface area contributed by atoms with Crippen molar-refractivity contribution in [2.75, 3.05) is 31.3 Å². The largest absolute Gasteiger partial charge is 0.492 e. The van der Waals surface area contributed by atoms with Crippen molar-refractivity contribution in [3.8, 4) is 5.75 Å². The van der Waals surface area contributed by atoms with Crippen LogP contribution in [0.3, 0.4) is 0 Å². The van der Waals surface area contributed by atoms with E-state index in [1.807, 2.05) is 57.2 Å². The highest BCUT2D eigenvalue weighted by atomic mass is 16.7. The van der Waals surface area contributed by atoms with Crippen LogP contribution in [0.5, 0.6) is 5.75 Å². The molecule has 1 fully saturated rings. The molecule has 0 aromatic heterocycles. The number of anilines is 1. The Morgan fingerprint density at radius 1 is 1.08 bits per heavy atom. The van der Waals surface area contributed by atoms with Crippen LogP contribution < -0.4 is 9.64 Å². The summed E-state index contributed by atoms with van der Waals surface area (Å²) in [7, 11) is 0. The van der Waals surface area contributed by atoms with Gasteiger partial charge in [-0.2, -0.15) is 0 Å². The summed E-state index contributed by atoms with van der Waals surface area (Å²) in [6.07, 6.45) is 0. The van der Waals surface area contributed by atoms with E-state index in [9.17, 15) is 4.79 Å². The Kier molecular flexibility index (Phi) is 4.21. The van der Waals surface area contributed by atoms with Gasteiger partial charge in [0, 0.05) is 5.56 Å². The molecule has 0 bridgehead atoms. The molecule has 2 aromatic rings. The second kappa shape index (κ2) is 6.41. The van der Waals surface area contributed by atoms with Crippen LogP contribution in [0.25, 0.3) is 0 Å².